The molecule has 6 heteroatoms. The normalized spacial score (nSPS) is 10.5. The Balaban J connectivity index is 1.96. The van der Waals surface area contributed by atoms with Crippen LogP contribution in [0, 0.1) is 0 Å². The molecule has 0 aliphatic carbocycles. The molecule has 112 valence electrons. The van der Waals surface area contributed by atoms with Crippen LogP contribution in [0.15, 0.2) is 36.7 Å². The maximum absolute atomic E-state index is 5.13. The number of rotatable bonds is 7. The summed E-state index contributed by atoms with van der Waals surface area (Å²) in [6, 6.07) is 9.58. The van der Waals surface area contributed by atoms with Crippen molar-refractivity contribution >= 4 is 17.3 Å². The Morgan fingerprint density at radius 1 is 1.10 bits per heavy atom. The first-order chi connectivity index (χ1) is 10.2. The minimum Gasteiger partial charge on any atom is -0.497 e. The average Bonchev–Trinajstić information content (AvgIpc) is 2.48. The Hall–Kier alpha value is -2.34. The van der Waals surface area contributed by atoms with Gasteiger partial charge in [-0.1, -0.05) is 0 Å². The molecule has 1 aromatic heterocycles. The largest absolute Gasteiger partial charge is 0.497 e. The van der Waals surface area contributed by atoms with Crippen molar-refractivity contribution in [1.29, 1.82) is 0 Å². The molecule has 0 unspecified atom stereocenters. The first-order valence-electron chi connectivity index (χ1n) is 6.79. The van der Waals surface area contributed by atoms with Gasteiger partial charge in [-0.15, -0.1) is 0 Å². The summed E-state index contributed by atoms with van der Waals surface area (Å²) in [7, 11) is 5.73. The van der Waals surface area contributed by atoms with Crippen LogP contribution in [-0.4, -0.2) is 49.2 Å². The molecule has 0 saturated heterocycles. The molecule has 0 bridgehead atoms. The van der Waals surface area contributed by atoms with Crippen molar-refractivity contribution in [2.24, 2.45) is 0 Å². The lowest BCUT2D eigenvalue weighted by Crippen LogP contribution is -2.21. The molecular weight excluding hydrogens is 266 g/mol. The lowest BCUT2D eigenvalue weighted by molar-refractivity contribution is 0.415. The molecule has 0 amide bonds. The van der Waals surface area contributed by atoms with E-state index in [1.54, 1.807) is 13.4 Å². The van der Waals surface area contributed by atoms with Crippen LogP contribution in [0.25, 0.3) is 0 Å². The van der Waals surface area contributed by atoms with Gasteiger partial charge in [0.15, 0.2) is 0 Å². The fourth-order valence-electron chi connectivity index (χ4n) is 1.75. The molecule has 6 nitrogen and oxygen atoms in total. The third-order valence-corrected chi connectivity index (χ3v) is 2.89. The summed E-state index contributed by atoms with van der Waals surface area (Å²) in [5.41, 5.74) is 0.953. The molecule has 2 N–H and O–H groups in total. The van der Waals surface area contributed by atoms with Crippen molar-refractivity contribution in [2.45, 2.75) is 0 Å². The van der Waals surface area contributed by atoms with Crippen LogP contribution in [0.2, 0.25) is 0 Å². The van der Waals surface area contributed by atoms with Gasteiger partial charge in [0.25, 0.3) is 0 Å². The molecule has 0 fully saturated rings. The van der Waals surface area contributed by atoms with Gasteiger partial charge < -0.3 is 20.3 Å². The summed E-state index contributed by atoms with van der Waals surface area (Å²) in [5, 5.41) is 6.51. The monoisotopic (exact) mass is 287 g/mol. The van der Waals surface area contributed by atoms with Gasteiger partial charge in [0.05, 0.1) is 7.11 Å². The summed E-state index contributed by atoms with van der Waals surface area (Å²) in [6.07, 6.45) is 1.55. The second-order valence-corrected chi connectivity index (χ2v) is 4.87. The molecule has 2 aromatic rings. The van der Waals surface area contributed by atoms with Crippen LogP contribution in [0.1, 0.15) is 0 Å². The van der Waals surface area contributed by atoms with Gasteiger partial charge in [0.2, 0.25) is 0 Å². The number of hydrogen-bond acceptors (Lipinski definition) is 6. The van der Waals surface area contributed by atoms with Crippen molar-refractivity contribution in [3.63, 3.8) is 0 Å². The molecule has 0 aliphatic rings. The highest BCUT2D eigenvalue weighted by molar-refractivity contribution is 5.59. The van der Waals surface area contributed by atoms with Crippen LogP contribution in [-0.2, 0) is 0 Å². The van der Waals surface area contributed by atoms with E-state index in [9.17, 15) is 0 Å². The van der Waals surface area contributed by atoms with E-state index in [1.807, 2.05) is 44.4 Å². The summed E-state index contributed by atoms with van der Waals surface area (Å²) in [6.45, 7) is 1.79. The molecule has 0 radical (unpaired) electrons. The molecule has 1 aromatic carbocycles. The van der Waals surface area contributed by atoms with Gasteiger partial charge in [0, 0.05) is 24.8 Å². The van der Waals surface area contributed by atoms with E-state index in [0.29, 0.717) is 0 Å². The highest BCUT2D eigenvalue weighted by Crippen LogP contribution is 2.19. The van der Waals surface area contributed by atoms with Crippen molar-refractivity contribution in [3.8, 4) is 5.75 Å². The fourth-order valence-corrected chi connectivity index (χ4v) is 1.75. The third-order valence-electron chi connectivity index (χ3n) is 2.89. The summed E-state index contributed by atoms with van der Waals surface area (Å²) < 4.78 is 5.13. The summed E-state index contributed by atoms with van der Waals surface area (Å²) in [5.74, 6) is 2.39. The Kier molecular flexibility index (Phi) is 5.34. The average molecular weight is 287 g/mol. The second-order valence-electron chi connectivity index (χ2n) is 4.87. The topological polar surface area (TPSA) is 62.3 Å². The fraction of sp³-hybridized carbons (Fsp3) is 0.333. The van der Waals surface area contributed by atoms with E-state index in [-0.39, 0.29) is 0 Å². The third kappa shape index (κ3) is 4.92. The molecular formula is C15H21N5O. The molecule has 21 heavy (non-hydrogen) atoms. The minimum absolute atomic E-state index is 0.752. The highest BCUT2D eigenvalue weighted by Gasteiger charge is 2.00. The maximum Gasteiger partial charge on any atom is 0.135 e. The van der Waals surface area contributed by atoms with Gasteiger partial charge in [-0.05, 0) is 38.4 Å². The first kappa shape index (κ1) is 15.1. The number of anilines is 3. The quantitative estimate of drug-likeness (QED) is 0.814. The van der Waals surface area contributed by atoms with Crippen LogP contribution in [0.4, 0.5) is 17.3 Å². The van der Waals surface area contributed by atoms with Gasteiger partial charge in [0.1, 0.15) is 23.7 Å². The number of nitrogens with one attached hydrogen (secondary N) is 2. The molecule has 0 aliphatic heterocycles. The molecule has 0 atom stereocenters. The van der Waals surface area contributed by atoms with E-state index < -0.39 is 0 Å². The number of nitrogens with zero attached hydrogens (tertiary/aromatic N) is 3. The first-order valence-corrected chi connectivity index (χ1v) is 6.79. The number of aromatic nitrogens is 2. The van der Waals surface area contributed by atoms with Crippen molar-refractivity contribution in [1.82, 2.24) is 14.9 Å². The Bertz CT molecular complexity index is 556. The minimum atomic E-state index is 0.752. The van der Waals surface area contributed by atoms with E-state index in [4.69, 9.17) is 4.74 Å². The summed E-state index contributed by atoms with van der Waals surface area (Å²) >= 11 is 0. The number of benzene rings is 1. The van der Waals surface area contributed by atoms with Gasteiger partial charge >= 0.3 is 0 Å². The van der Waals surface area contributed by atoms with Crippen molar-refractivity contribution < 1.29 is 4.74 Å². The smallest absolute Gasteiger partial charge is 0.135 e. The molecule has 0 saturated carbocycles. The van der Waals surface area contributed by atoms with E-state index in [1.165, 1.54) is 0 Å². The zero-order chi connectivity index (χ0) is 15.1. The molecule has 0 spiro atoms. The van der Waals surface area contributed by atoms with Crippen LogP contribution < -0.4 is 15.4 Å². The SMILES string of the molecule is COc1ccc(Nc2cc(NCCN(C)C)ncn2)cc1. The van der Waals surface area contributed by atoms with E-state index in [0.717, 1.165) is 36.2 Å². The number of likely N-dealkylation sites (N-methyl/N-ethyl adjacent to an activating group) is 1. The Labute approximate surface area is 125 Å². The molecule has 2 rings (SSSR count). The zero-order valence-electron chi connectivity index (χ0n) is 12.6. The highest BCUT2D eigenvalue weighted by atomic mass is 16.5. The standard InChI is InChI=1S/C15H21N5O/c1-20(2)9-8-16-14-10-15(18-11-17-14)19-12-4-6-13(21-3)7-5-12/h4-7,10-11H,8-9H2,1-3H3,(H2,16,17,18,19). The zero-order valence-corrected chi connectivity index (χ0v) is 12.6. The predicted molar refractivity (Wildman–Crippen MR) is 85.4 cm³/mol. The maximum atomic E-state index is 5.13. The number of methoxy groups -OCH3 is 1. The van der Waals surface area contributed by atoms with Gasteiger partial charge in [-0.3, -0.25) is 0 Å². The van der Waals surface area contributed by atoms with Crippen molar-refractivity contribution in [3.05, 3.63) is 36.7 Å². The summed E-state index contributed by atoms with van der Waals surface area (Å²) in [4.78, 5) is 10.5. The second kappa shape index (κ2) is 7.44. The number of hydrogen-bond donors (Lipinski definition) is 2. The van der Waals surface area contributed by atoms with Crippen LogP contribution in [0.3, 0.4) is 0 Å². The Morgan fingerprint density at radius 3 is 2.48 bits per heavy atom. The van der Waals surface area contributed by atoms with E-state index >= 15 is 0 Å². The van der Waals surface area contributed by atoms with Crippen LogP contribution in [0.5, 0.6) is 5.75 Å². The lowest BCUT2D eigenvalue weighted by Gasteiger charge is -2.11. The van der Waals surface area contributed by atoms with Gasteiger partial charge in [-0.25, -0.2) is 9.97 Å². The Morgan fingerprint density at radius 2 is 1.81 bits per heavy atom. The number of ether oxygens (including phenoxy) is 1. The van der Waals surface area contributed by atoms with Crippen molar-refractivity contribution in [2.75, 3.05) is 44.9 Å². The van der Waals surface area contributed by atoms with E-state index in [2.05, 4.69) is 25.5 Å². The van der Waals surface area contributed by atoms with Gasteiger partial charge in [-0.2, -0.15) is 0 Å². The van der Waals surface area contributed by atoms with Crippen LogP contribution >= 0.6 is 0 Å². The lowest BCUT2D eigenvalue weighted by atomic mass is 10.3. The predicted octanol–water partition coefficient (Wildman–Crippen LogP) is 2.20. The molecule has 1 heterocycles.